The van der Waals surface area contributed by atoms with Crippen molar-refractivity contribution in [3.8, 4) is 12.1 Å². The molecule has 2 aromatic carbocycles. The van der Waals surface area contributed by atoms with E-state index in [0.717, 1.165) is 0 Å². The number of nitrogens with zero attached hydrogens (tertiary/aromatic N) is 2. The molecule has 0 aromatic heterocycles. The second-order valence-electron chi connectivity index (χ2n) is 5.32. The van der Waals surface area contributed by atoms with Crippen LogP contribution in [0.25, 0.3) is 0 Å². The molecule has 0 fully saturated rings. The molecule has 0 aliphatic heterocycles. The van der Waals surface area contributed by atoms with E-state index in [1.54, 1.807) is 48.5 Å². The molecule has 0 bridgehead atoms. The lowest BCUT2D eigenvalue weighted by molar-refractivity contribution is 0.199. The molecule has 0 unspecified atom stereocenters. The quantitative estimate of drug-likeness (QED) is 0.612. The summed E-state index contributed by atoms with van der Waals surface area (Å²) in [6.07, 6.45) is 0.525. The second-order valence-corrected chi connectivity index (χ2v) is 10.5. The monoisotopic (exact) mass is 374 g/mol. The molecule has 0 heterocycles. The van der Waals surface area contributed by atoms with Gasteiger partial charge >= 0.3 is 0 Å². The van der Waals surface area contributed by atoms with E-state index >= 15 is 8.78 Å². The van der Waals surface area contributed by atoms with Gasteiger partial charge in [0.1, 0.15) is 0 Å². The van der Waals surface area contributed by atoms with Gasteiger partial charge < -0.3 is 0 Å². The molecule has 6 heteroatoms. The van der Waals surface area contributed by atoms with Crippen LogP contribution in [0.2, 0.25) is 0 Å². The van der Waals surface area contributed by atoms with Crippen molar-refractivity contribution in [3.63, 3.8) is 0 Å². The van der Waals surface area contributed by atoms with Gasteiger partial charge in [-0.15, -0.1) is 0 Å². The standard InChI is InChI=1S/C19H18F2N2P2/c20-19(21,24(15-7-13-22)16-8-14-23)25(17-9-3-1-4-10-17)18-11-5-2-6-12-18/h1-6,9-12H,7-8,15-16H2. The summed E-state index contributed by atoms with van der Waals surface area (Å²) in [6.45, 7) is 0. The van der Waals surface area contributed by atoms with Gasteiger partial charge in [0.25, 0.3) is 5.40 Å². The molecular weight excluding hydrogens is 356 g/mol. The van der Waals surface area contributed by atoms with E-state index in [9.17, 15) is 0 Å². The molecule has 25 heavy (non-hydrogen) atoms. The third-order valence-electron chi connectivity index (χ3n) is 3.67. The van der Waals surface area contributed by atoms with Gasteiger partial charge in [-0.2, -0.15) is 19.3 Å². The molecule has 128 valence electrons. The van der Waals surface area contributed by atoms with E-state index in [1.807, 2.05) is 24.3 Å². The number of halogens is 2. The van der Waals surface area contributed by atoms with Gasteiger partial charge in [0.2, 0.25) is 0 Å². The van der Waals surface area contributed by atoms with Crippen LogP contribution in [0, 0.1) is 22.7 Å². The van der Waals surface area contributed by atoms with Crippen molar-refractivity contribution >= 4 is 26.5 Å². The molecule has 0 amide bonds. The predicted molar refractivity (Wildman–Crippen MR) is 101 cm³/mol. The van der Waals surface area contributed by atoms with E-state index < -0.39 is 21.2 Å². The largest absolute Gasteiger partial charge is 0.288 e. The summed E-state index contributed by atoms with van der Waals surface area (Å²) in [5.74, 6) is 0. The maximum absolute atomic E-state index is 15.6. The van der Waals surface area contributed by atoms with Gasteiger partial charge in [-0.3, -0.25) is 0 Å². The van der Waals surface area contributed by atoms with Crippen LogP contribution in [0.1, 0.15) is 12.8 Å². The van der Waals surface area contributed by atoms with Gasteiger partial charge in [-0.05, 0) is 30.9 Å². The van der Waals surface area contributed by atoms with E-state index in [1.165, 1.54) is 0 Å². The van der Waals surface area contributed by atoms with Gasteiger partial charge in [0, 0.05) is 20.8 Å². The molecule has 0 aliphatic rings. The minimum Gasteiger partial charge on any atom is -0.198 e. The average molecular weight is 374 g/mol. The maximum atomic E-state index is 15.6. The van der Waals surface area contributed by atoms with Crippen molar-refractivity contribution in [1.82, 2.24) is 0 Å². The van der Waals surface area contributed by atoms with Crippen molar-refractivity contribution in [2.24, 2.45) is 0 Å². The molecular formula is C19H18F2N2P2. The molecule has 0 N–H and O–H groups in total. The highest BCUT2D eigenvalue weighted by molar-refractivity contribution is 7.85. The van der Waals surface area contributed by atoms with E-state index in [-0.39, 0.29) is 25.2 Å². The third kappa shape index (κ3) is 5.06. The number of hydrogen-bond donors (Lipinski definition) is 0. The van der Waals surface area contributed by atoms with Gasteiger partial charge in [-0.25, -0.2) is 0 Å². The summed E-state index contributed by atoms with van der Waals surface area (Å²) in [6, 6.07) is 21.6. The fraction of sp³-hybridized carbons (Fsp3) is 0.263. The number of benzene rings is 2. The topological polar surface area (TPSA) is 47.6 Å². The molecule has 2 rings (SSSR count). The Morgan fingerprint density at radius 1 is 0.760 bits per heavy atom. The number of alkyl halides is 2. The highest BCUT2D eigenvalue weighted by Gasteiger charge is 2.47. The van der Waals surface area contributed by atoms with E-state index in [2.05, 4.69) is 0 Å². The SMILES string of the molecule is N#CCCP(CCC#N)C(F)(F)P(c1ccccc1)c1ccccc1. The number of rotatable bonds is 8. The maximum Gasteiger partial charge on any atom is 0.288 e. The van der Waals surface area contributed by atoms with Crippen LogP contribution in [-0.2, 0) is 0 Å². The summed E-state index contributed by atoms with van der Waals surface area (Å²) in [7, 11) is -3.64. The molecule has 0 saturated carbocycles. The van der Waals surface area contributed by atoms with Crippen LogP contribution in [0.15, 0.2) is 60.7 Å². The van der Waals surface area contributed by atoms with Crippen LogP contribution in [-0.4, -0.2) is 17.7 Å². The van der Waals surface area contributed by atoms with Crippen molar-refractivity contribution in [1.29, 1.82) is 10.5 Å². The summed E-state index contributed by atoms with van der Waals surface area (Å²) < 4.78 is 31.2. The molecule has 2 nitrogen and oxygen atoms in total. The Labute approximate surface area is 149 Å². The Balaban J connectivity index is 2.46. The van der Waals surface area contributed by atoms with Crippen molar-refractivity contribution in [3.05, 3.63) is 60.7 Å². The van der Waals surface area contributed by atoms with Crippen LogP contribution >= 0.6 is 15.8 Å². The molecule has 2 aromatic rings. The zero-order valence-electron chi connectivity index (χ0n) is 13.6. The fourth-order valence-electron chi connectivity index (χ4n) is 2.51. The lowest BCUT2D eigenvalue weighted by Crippen LogP contribution is -2.27. The minimum absolute atomic E-state index is 0.0967. The summed E-state index contributed by atoms with van der Waals surface area (Å²) in [5.41, 5.74) is 0. The highest BCUT2D eigenvalue weighted by atomic mass is 31.2. The molecule has 0 atom stereocenters. The predicted octanol–water partition coefficient (Wildman–Crippen LogP) is 4.98. The van der Waals surface area contributed by atoms with E-state index in [4.69, 9.17) is 10.5 Å². The van der Waals surface area contributed by atoms with Crippen LogP contribution < -0.4 is 10.6 Å². The lowest BCUT2D eigenvalue weighted by atomic mass is 10.4. The first-order valence-electron chi connectivity index (χ1n) is 7.88. The van der Waals surface area contributed by atoms with Gasteiger partial charge in [-0.1, -0.05) is 60.7 Å². The zero-order valence-corrected chi connectivity index (χ0v) is 15.4. The Hall–Kier alpha value is -1.86. The summed E-state index contributed by atoms with van der Waals surface area (Å²) >= 11 is 0. The van der Waals surface area contributed by atoms with Gasteiger partial charge in [0.05, 0.1) is 12.1 Å². The first-order chi connectivity index (χ1) is 12.1. The summed E-state index contributed by atoms with van der Waals surface area (Å²) in [4.78, 5) is 0. The van der Waals surface area contributed by atoms with Gasteiger partial charge in [0.15, 0.2) is 0 Å². The van der Waals surface area contributed by atoms with Crippen LogP contribution in [0.4, 0.5) is 8.78 Å². The Morgan fingerprint density at radius 3 is 1.52 bits per heavy atom. The van der Waals surface area contributed by atoms with Crippen molar-refractivity contribution in [2.45, 2.75) is 18.2 Å². The van der Waals surface area contributed by atoms with Crippen LogP contribution in [0.3, 0.4) is 0 Å². The Bertz CT molecular complexity index is 682. The van der Waals surface area contributed by atoms with Crippen LogP contribution in [0.5, 0.6) is 0 Å². The second kappa shape index (κ2) is 9.58. The van der Waals surface area contributed by atoms with Crippen molar-refractivity contribution in [2.75, 3.05) is 12.3 Å². The first-order valence-corrected chi connectivity index (χ1v) is 10.9. The molecule has 0 spiro atoms. The zero-order chi connectivity index (χ0) is 18.1. The highest BCUT2D eigenvalue weighted by Crippen LogP contribution is 2.68. The Morgan fingerprint density at radius 2 is 1.16 bits per heavy atom. The third-order valence-corrected chi connectivity index (χ3v) is 9.57. The number of hydrogen-bond acceptors (Lipinski definition) is 2. The molecule has 0 radical (unpaired) electrons. The lowest BCUT2D eigenvalue weighted by Gasteiger charge is -2.34. The normalized spacial score (nSPS) is 11.3. The number of nitriles is 2. The van der Waals surface area contributed by atoms with Crippen molar-refractivity contribution < 1.29 is 8.78 Å². The minimum atomic E-state index is -2.93. The molecule has 0 saturated heterocycles. The average Bonchev–Trinajstić information content (AvgIpc) is 2.63. The molecule has 0 aliphatic carbocycles. The van der Waals surface area contributed by atoms with E-state index in [0.29, 0.717) is 10.6 Å². The smallest absolute Gasteiger partial charge is 0.198 e. The fourth-order valence-corrected chi connectivity index (χ4v) is 8.29. The first kappa shape index (κ1) is 19.5. The summed E-state index contributed by atoms with van der Waals surface area (Å²) in [5, 5.41) is 16.0. The Kier molecular flexibility index (Phi) is 7.46.